The molecule has 2 aromatic rings. The van der Waals surface area contributed by atoms with Crippen molar-refractivity contribution in [2.75, 3.05) is 12.8 Å². The van der Waals surface area contributed by atoms with Crippen molar-refractivity contribution in [3.05, 3.63) is 73.8 Å². The van der Waals surface area contributed by atoms with Crippen LogP contribution in [0.4, 0.5) is 5.69 Å². The quantitative estimate of drug-likeness (QED) is 0.436. The predicted molar refractivity (Wildman–Crippen MR) is 120 cm³/mol. The summed E-state index contributed by atoms with van der Waals surface area (Å²) in [6.07, 6.45) is 0. The number of likely N-dealkylation sites (N-methyl/N-ethyl adjacent to an activating group) is 1. The molecule has 0 spiro atoms. The van der Waals surface area contributed by atoms with Crippen LogP contribution in [0.2, 0.25) is 10.0 Å². The highest BCUT2D eigenvalue weighted by molar-refractivity contribution is 7.99. The van der Waals surface area contributed by atoms with Gasteiger partial charge < -0.3 is 10.2 Å². The number of non-ortho nitro benzene ring substituents is 1. The number of nitrogens with zero attached hydrogens (tertiary/aromatic N) is 2. The van der Waals surface area contributed by atoms with E-state index in [2.05, 4.69) is 5.32 Å². The first-order chi connectivity index (χ1) is 14.2. The van der Waals surface area contributed by atoms with Crippen LogP contribution in [0.1, 0.15) is 18.1 Å². The number of carbonyl (C=O) groups excluding carboxylic acids is 2. The second-order valence-corrected chi connectivity index (χ2v) is 8.23. The summed E-state index contributed by atoms with van der Waals surface area (Å²) in [5, 5.41) is 14.1. The van der Waals surface area contributed by atoms with Gasteiger partial charge in [-0.15, -0.1) is 11.8 Å². The third-order valence-electron chi connectivity index (χ3n) is 4.45. The summed E-state index contributed by atoms with van der Waals surface area (Å²) in [4.78, 5) is 36.8. The van der Waals surface area contributed by atoms with E-state index in [0.717, 1.165) is 5.56 Å². The van der Waals surface area contributed by atoms with Gasteiger partial charge >= 0.3 is 0 Å². The number of benzene rings is 2. The highest BCUT2D eigenvalue weighted by atomic mass is 35.5. The number of nitrogens with one attached hydrogen (secondary N) is 1. The lowest BCUT2D eigenvalue weighted by molar-refractivity contribution is -0.384. The summed E-state index contributed by atoms with van der Waals surface area (Å²) in [5.74, 6) is 0.0833. The molecule has 0 bridgehead atoms. The van der Waals surface area contributed by atoms with Gasteiger partial charge in [-0.25, -0.2) is 0 Å². The van der Waals surface area contributed by atoms with Crippen molar-refractivity contribution in [2.45, 2.75) is 25.3 Å². The molecule has 1 N–H and O–H groups in total. The van der Waals surface area contributed by atoms with Gasteiger partial charge in [0.05, 0.1) is 10.7 Å². The van der Waals surface area contributed by atoms with Crippen molar-refractivity contribution < 1.29 is 14.5 Å². The highest BCUT2D eigenvalue weighted by Crippen LogP contribution is 2.27. The molecular weight excluding hydrogens is 449 g/mol. The summed E-state index contributed by atoms with van der Waals surface area (Å²) in [7, 11) is 1.51. The van der Waals surface area contributed by atoms with Crippen LogP contribution in [0.25, 0.3) is 0 Å². The lowest BCUT2D eigenvalue weighted by atomic mass is 10.1. The van der Waals surface area contributed by atoms with Crippen LogP contribution in [0, 0.1) is 10.1 Å². The van der Waals surface area contributed by atoms with E-state index in [9.17, 15) is 19.7 Å². The van der Waals surface area contributed by atoms with Crippen LogP contribution in [0.3, 0.4) is 0 Å². The van der Waals surface area contributed by atoms with Gasteiger partial charge in [-0.3, -0.25) is 19.7 Å². The normalized spacial score (nSPS) is 11.6. The Bertz CT molecular complexity index is 905. The van der Waals surface area contributed by atoms with E-state index in [1.54, 1.807) is 37.3 Å². The molecule has 0 fully saturated rings. The number of halogens is 2. The van der Waals surface area contributed by atoms with Gasteiger partial charge in [0.2, 0.25) is 11.8 Å². The average molecular weight is 470 g/mol. The smallest absolute Gasteiger partial charge is 0.269 e. The molecule has 0 aliphatic carbocycles. The number of carbonyl (C=O) groups is 2. The standard InChI is InChI=1S/C20H21Cl2N3O4S/c1-13(20(27)23-2)24(10-16-17(21)4-3-5-18(16)22)19(26)12-30-11-14-6-8-15(9-7-14)25(28)29/h3-9,13H,10-12H2,1-2H3,(H,23,27)/t13-/m0/s1. The van der Waals surface area contributed by atoms with Gasteiger partial charge in [0, 0.05) is 47.1 Å². The van der Waals surface area contributed by atoms with Gasteiger partial charge in [0.1, 0.15) is 6.04 Å². The van der Waals surface area contributed by atoms with Crippen molar-refractivity contribution >= 4 is 52.5 Å². The summed E-state index contributed by atoms with van der Waals surface area (Å²) < 4.78 is 0. The van der Waals surface area contributed by atoms with Crippen LogP contribution >= 0.6 is 35.0 Å². The van der Waals surface area contributed by atoms with Gasteiger partial charge in [0.25, 0.3) is 5.69 Å². The molecule has 0 aliphatic rings. The fourth-order valence-corrected chi connectivity index (χ4v) is 4.09. The Hall–Kier alpha value is -2.29. The zero-order chi connectivity index (χ0) is 22.3. The van der Waals surface area contributed by atoms with Crippen LogP contribution in [-0.2, 0) is 21.9 Å². The minimum Gasteiger partial charge on any atom is -0.357 e. The third kappa shape index (κ3) is 6.35. The Morgan fingerprint density at radius 3 is 2.30 bits per heavy atom. The van der Waals surface area contributed by atoms with Crippen molar-refractivity contribution in [1.29, 1.82) is 0 Å². The largest absolute Gasteiger partial charge is 0.357 e. The molecule has 1 atom stereocenters. The van der Waals surface area contributed by atoms with Gasteiger partial charge in [-0.2, -0.15) is 0 Å². The maximum Gasteiger partial charge on any atom is 0.269 e. The number of thioether (sulfide) groups is 1. The van der Waals surface area contributed by atoms with Crippen molar-refractivity contribution in [3.63, 3.8) is 0 Å². The van der Waals surface area contributed by atoms with E-state index in [4.69, 9.17) is 23.2 Å². The molecule has 2 rings (SSSR count). The minimum absolute atomic E-state index is 0.0158. The van der Waals surface area contributed by atoms with Crippen LogP contribution < -0.4 is 5.32 Å². The second-order valence-electron chi connectivity index (χ2n) is 6.43. The molecule has 0 radical (unpaired) electrons. The number of nitro benzene ring substituents is 1. The average Bonchev–Trinajstić information content (AvgIpc) is 2.72. The number of amides is 2. The Balaban J connectivity index is 2.08. The van der Waals surface area contributed by atoms with Crippen LogP contribution in [0.5, 0.6) is 0 Å². The minimum atomic E-state index is -0.713. The lowest BCUT2D eigenvalue weighted by Gasteiger charge is -2.29. The second kappa shape index (κ2) is 11.2. The molecule has 7 nitrogen and oxygen atoms in total. The van der Waals surface area contributed by atoms with Crippen molar-refractivity contribution in [3.8, 4) is 0 Å². The molecule has 2 aromatic carbocycles. The molecule has 160 valence electrons. The maximum atomic E-state index is 12.9. The number of hydrogen-bond acceptors (Lipinski definition) is 5. The summed E-state index contributed by atoms with van der Waals surface area (Å²) in [6, 6.07) is 10.5. The highest BCUT2D eigenvalue weighted by Gasteiger charge is 2.26. The van der Waals surface area contributed by atoms with E-state index in [1.807, 2.05) is 0 Å². The fourth-order valence-electron chi connectivity index (χ4n) is 2.70. The summed E-state index contributed by atoms with van der Waals surface area (Å²) >= 11 is 13.8. The van der Waals surface area contributed by atoms with Gasteiger partial charge in [-0.1, -0.05) is 41.4 Å². The molecule has 0 saturated heterocycles. The number of nitro groups is 1. The zero-order valence-electron chi connectivity index (χ0n) is 16.4. The lowest BCUT2D eigenvalue weighted by Crippen LogP contribution is -2.47. The Labute approximate surface area is 188 Å². The molecule has 0 saturated carbocycles. The van der Waals surface area contributed by atoms with Crippen LogP contribution in [-0.4, -0.2) is 40.5 Å². The van der Waals surface area contributed by atoms with E-state index < -0.39 is 11.0 Å². The predicted octanol–water partition coefficient (Wildman–Crippen LogP) is 4.30. The van der Waals surface area contributed by atoms with E-state index in [0.29, 0.717) is 21.4 Å². The maximum absolute atomic E-state index is 12.9. The fraction of sp³-hybridized carbons (Fsp3) is 0.300. The SMILES string of the molecule is CNC(=O)[C@H](C)N(Cc1c(Cl)cccc1Cl)C(=O)CSCc1ccc([N+](=O)[O-])cc1. The van der Waals surface area contributed by atoms with Gasteiger partial charge in [-0.05, 0) is 24.6 Å². The summed E-state index contributed by atoms with van der Waals surface area (Å²) in [5.41, 5.74) is 1.45. The Morgan fingerprint density at radius 2 is 1.77 bits per heavy atom. The molecule has 2 amide bonds. The van der Waals surface area contributed by atoms with E-state index >= 15 is 0 Å². The van der Waals surface area contributed by atoms with Crippen LogP contribution in [0.15, 0.2) is 42.5 Å². The Kier molecular flexibility index (Phi) is 8.95. The first-order valence-corrected chi connectivity index (χ1v) is 10.9. The third-order valence-corrected chi connectivity index (χ3v) is 6.14. The topological polar surface area (TPSA) is 92.6 Å². The zero-order valence-corrected chi connectivity index (χ0v) is 18.8. The molecule has 10 heteroatoms. The molecule has 0 aromatic heterocycles. The first kappa shape index (κ1) is 24.0. The first-order valence-electron chi connectivity index (χ1n) is 8.99. The number of hydrogen-bond donors (Lipinski definition) is 1. The Morgan fingerprint density at radius 1 is 1.17 bits per heavy atom. The van der Waals surface area contributed by atoms with Gasteiger partial charge in [0.15, 0.2) is 0 Å². The van der Waals surface area contributed by atoms with Crippen molar-refractivity contribution in [2.24, 2.45) is 0 Å². The van der Waals surface area contributed by atoms with E-state index in [1.165, 1.54) is 35.8 Å². The summed E-state index contributed by atoms with van der Waals surface area (Å²) in [6.45, 7) is 1.74. The molecular formula is C20H21Cl2N3O4S. The molecule has 30 heavy (non-hydrogen) atoms. The van der Waals surface area contributed by atoms with Crippen molar-refractivity contribution in [1.82, 2.24) is 10.2 Å². The molecule has 0 aliphatic heterocycles. The molecule has 0 unspecified atom stereocenters. The van der Waals surface area contributed by atoms with E-state index in [-0.39, 0.29) is 29.8 Å². The number of rotatable bonds is 9. The monoisotopic (exact) mass is 469 g/mol. The molecule has 0 heterocycles.